The molecule has 2 aromatic carbocycles. The van der Waals surface area contributed by atoms with Gasteiger partial charge in [-0.2, -0.15) is 0 Å². The fourth-order valence-electron chi connectivity index (χ4n) is 1.79. The zero-order chi connectivity index (χ0) is 13.0. The molecule has 1 nitrogen and oxygen atoms in total. The van der Waals surface area contributed by atoms with Gasteiger partial charge in [0.25, 0.3) is 0 Å². The van der Waals surface area contributed by atoms with Gasteiger partial charge in [-0.3, -0.25) is 0 Å². The standard InChI is InChI=1S/C15H15Cl2N/c1-2-11-5-3-6-12(9-11)18-10-13-14(16)7-4-8-15(13)17/h3-9,18H,2,10H2,1H3. The van der Waals surface area contributed by atoms with E-state index in [0.717, 1.165) is 17.7 Å². The third-order valence-electron chi connectivity index (χ3n) is 2.87. The highest BCUT2D eigenvalue weighted by Crippen LogP contribution is 2.25. The molecule has 0 radical (unpaired) electrons. The number of halogens is 2. The minimum Gasteiger partial charge on any atom is -0.381 e. The second-order valence-electron chi connectivity index (χ2n) is 4.11. The molecule has 0 unspecified atom stereocenters. The smallest absolute Gasteiger partial charge is 0.0470 e. The lowest BCUT2D eigenvalue weighted by atomic mass is 10.1. The van der Waals surface area contributed by atoms with Crippen molar-refractivity contribution in [3.8, 4) is 0 Å². The molecule has 2 aromatic rings. The molecule has 0 saturated heterocycles. The maximum absolute atomic E-state index is 6.13. The van der Waals surface area contributed by atoms with E-state index in [1.165, 1.54) is 5.56 Å². The van der Waals surface area contributed by atoms with Crippen molar-refractivity contribution in [3.63, 3.8) is 0 Å². The predicted octanol–water partition coefficient (Wildman–Crippen LogP) is 5.17. The van der Waals surface area contributed by atoms with Gasteiger partial charge in [0.05, 0.1) is 0 Å². The SMILES string of the molecule is CCc1cccc(NCc2c(Cl)cccc2Cl)c1. The van der Waals surface area contributed by atoms with Gasteiger partial charge in [0.2, 0.25) is 0 Å². The Labute approximate surface area is 118 Å². The molecule has 0 aliphatic rings. The number of hydrogen-bond donors (Lipinski definition) is 1. The molecule has 0 bridgehead atoms. The van der Waals surface area contributed by atoms with Crippen LogP contribution in [0.15, 0.2) is 42.5 Å². The summed E-state index contributed by atoms with van der Waals surface area (Å²) in [5.41, 5.74) is 3.33. The van der Waals surface area contributed by atoms with Crippen LogP contribution in [-0.4, -0.2) is 0 Å². The minimum absolute atomic E-state index is 0.631. The van der Waals surface area contributed by atoms with Crippen LogP contribution in [0.2, 0.25) is 10.0 Å². The van der Waals surface area contributed by atoms with Gasteiger partial charge in [0.15, 0.2) is 0 Å². The van der Waals surface area contributed by atoms with Gasteiger partial charge in [-0.1, -0.05) is 48.3 Å². The van der Waals surface area contributed by atoms with Gasteiger partial charge < -0.3 is 5.32 Å². The van der Waals surface area contributed by atoms with E-state index in [1.807, 2.05) is 24.3 Å². The lowest BCUT2D eigenvalue weighted by molar-refractivity contribution is 1.12. The first-order valence-corrected chi connectivity index (χ1v) is 6.72. The normalized spacial score (nSPS) is 10.4. The van der Waals surface area contributed by atoms with Crippen LogP contribution < -0.4 is 5.32 Å². The van der Waals surface area contributed by atoms with E-state index in [4.69, 9.17) is 23.2 Å². The summed E-state index contributed by atoms with van der Waals surface area (Å²) < 4.78 is 0. The summed E-state index contributed by atoms with van der Waals surface area (Å²) in [5.74, 6) is 0. The molecule has 0 heterocycles. The lowest BCUT2D eigenvalue weighted by Crippen LogP contribution is -2.01. The molecule has 0 amide bonds. The highest BCUT2D eigenvalue weighted by Gasteiger charge is 2.04. The number of benzene rings is 2. The molecule has 94 valence electrons. The number of hydrogen-bond acceptors (Lipinski definition) is 1. The Kier molecular flexibility index (Phi) is 4.51. The van der Waals surface area contributed by atoms with Gasteiger partial charge in [0.1, 0.15) is 0 Å². The molecule has 18 heavy (non-hydrogen) atoms. The van der Waals surface area contributed by atoms with Gasteiger partial charge in [-0.25, -0.2) is 0 Å². The maximum atomic E-state index is 6.13. The zero-order valence-electron chi connectivity index (χ0n) is 10.2. The Hall–Kier alpha value is -1.18. The second-order valence-corrected chi connectivity index (χ2v) is 4.92. The van der Waals surface area contributed by atoms with E-state index < -0.39 is 0 Å². The minimum atomic E-state index is 0.631. The number of anilines is 1. The van der Waals surface area contributed by atoms with E-state index in [2.05, 4.69) is 30.4 Å². The second kappa shape index (κ2) is 6.12. The molecule has 0 aliphatic carbocycles. The molecular formula is C15H15Cl2N. The summed E-state index contributed by atoms with van der Waals surface area (Å²) in [7, 11) is 0. The average molecular weight is 280 g/mol. The molecule has 0 aliphatic heterocycles. The predicted molar refractivity (Wildman–Crippen MR) is 79.6 cm³/mol. The fourth-order valence-corrected chi connectivity index (χ4v) is 2.32. The quantitative estimate of drug-likeness (QED) is 0.814. The first kappa shape index (κ1) is 13.3. The number of aryl methyl sites for hydroxylation is 1. The van der Waals surface area contributed by atoms with Gasteiger partial charge in [0, 0.05) is 27.8 Å². The highest BCUT2D eigenvalue weighted by atomic mass is 35.5. The fraction of sp³-hybridized carbons (Fsp3) is 0.200. The first-order valence-electron chi connectivity index (χ1n) is 5.96. The Balaban J connectivity index is 2.11. The zero-order valence-corrected chi connectivity index (χ0v) is 11.7. The van der Waals surface area contributed by atoms with Crippen molar-refractivity contribution in [3.05, 3.63) is 63.6 Å². The first-order chi connectivity index (χ1) is 8.70. The molecule has 1 N–H and O–H groups in total. The highest BCUT2D eigenvalue weighted by molar-refractivity contribution is 6.36. The maximum Gasteiger partial charge on any atom is 0.0470 e. The van der Waals surface area contributed by atoms with E-state index >= 15 is 0 Å². The van der Waals surface area contributed by atoms with Crippen LogP contribution in [-0.2, 0) is 13.0 Å². The molecule has 0 spiro atoms. The molecule has 0 atom stereocenters. The third kappa shape index (κ3) is 3.18. The van der Waals surface area contributed by atoms with Crippen LogP contribution in [0.4, 0.5) is 5.69 Å². The molecule has 0 fully saturated rings. The van der Waals surface area contributed by atoms with E-state index in [9.17, 15) is 0 Å². The Morgan fingerprint density at radius 1 is 1.00 bits per heavy atom. The summed E-state index contributed by atoms with van der Waals surface area (Å²) >= 11 is 12.3. The monoisotopic (exact) mass is 279 g/mol. The Bertz CT molecular complexity index is 518. The Morgan fingerprint density at radius 3 is 2.33 bits per heavy atom. The van der Waals surface area contributed by atoms with Gasteiger partial charge in [-0.15, -0.1) is 0 Å². The van der Waals surface area contributed by atoms with Crippen LogP contribution >= 0.6 is 23.2 Å². The van der Waals surface area contributed by atoms with Crippen LogP contribution in [0.25, 0.3) is 0 Å². The van der Waals surface area contributed by atoms with Gasteiger partial charge in [-0.05, 0) is 36.2 Å². The molecule has 2 rings (SSSR count). The van der Waals surface area contributed by atoms with Crippen molar-refractivity contribution in [2.45, 2.75) is 19.9 Å². The largest absolute Gasteiger partial charge is 0.381 e. The summed E-state index contributed by atoms with van der Waals surface area (Å²) in [6, 6.07) is 13.9. The van der Waals surface area contributed by atoms with E-state index in [1.54, 1.807) is 0 Å². The molecule has 0 aromatic heterocycles. The molecule has 3 heteroatoms. The van der Waals surface area contributed by atoms with Crippen LogP contribution in [0.3, 0.4) is 0 Å². The van der Waals surface area contributed by atoms with Crippen molar-refractivity contribution in [1.29, 1.82) is 0 Å². The number of nitrogens with one attached hydrogen (secondary N) is 1. The Morgan fingerprint density at radius 2 is 1.67 bits per heavy atom. The number of rotatable bonds is 4. The van der Waals surface area contributed by atoms with Crippen molar-refractivity contribution >= 4 is 28.9 Å². The lowest BCUT2D eigenvalue weighted by Gasteiger charge is -2.10. The van der Waals surface area contributed by atoms with Crippen LogP contribution in [0, 0.1) is 0 Å². The molecule has 0 saturated carbocycles. The summed E-state index contributed by atoms with van der Waals surface area (Å²) in [6.45, 7) is 2.77. The van der Waals surface area contributed by atoms with E-state index in [-0.39, 0.29) is 0 Å². The summed E-state index contributed by atoms with van der Waals surface area (Å²) in [6.07, 6.45) is 1.03. The van der Waals surface area contributed by atoms with Crippen molar-refractivity contribution in [1.82, 2.24) is 0 Å². The van der Waals surface area contributed by atoms with Crippen molar-refractivity contribution < 1.29 is 0 Å². The van der Waals surface area contributed by atoms with Crippen molar-refractivity contribution in [2.24, 2.45) is 0 Å². The summed E-state index contributed by atoms with van der Waals surface area (Å²) in [5, 5.41) is 4.74. The third-order valence-corrected chi connectivity index (χ3v) is 3.57. The van der Waals surface area contributed by atoms with E-state index in [0.29, 0.717) is 16.6 Å². The van der Waals surface area contributed by atoms with Gasteiger partial charge >= 0.3 is 0 Å². The average Bonchev–Trinajstić information content (AvgIpc) is 2.38. The van der Waals surface area contributed by atoms with Crippen molar-refractivity contribution in [2.75, 3.05) is 5.32 Å². The topological polar surface area (TPSA) is 12.0 Å². The van der Waals surface area contributed by atoms with Crippen LogP contribution in [0.1, 0.15) is 18.1 Å². The van der Waals surface area contributed by atoms with Crippen LogP contribution in [0.5, 0.6) is 0 Å². The molecular weight excluding hydrogens is 265 g/mol. The summed E-state index contributed by atoms with van der Waals surface area (Å²) in [4.78, 5) is 0.